The van der Waals surface area contributed by atoms with E-state index in [4.69, 9.17) is 18.9 Å². The van der Waals surface area contributed by atoms with Crippen LogP contribution in [0.4, 0.5) is 0 Å². The lowest BCUT2D eigenvalue weighted by Gasteiger charge is -2.33. The molecule has 2 aliphatic heterocycles. The van der Waals surface area contributed by atoms with Gasteiger partial charge in [-0.1, -0.05) is 0 Å². The van der Waals surface area contributed by atoms with Gasteiger partial charge in [-0.15, -0.1) is 0 Å². The molecule has 2 rings (SSSR count). The van der Waals surface area contributed by atoms with Crippen molar-refractivity contribution in [3.05, 3.63) is 0 Å². The third-order valence-electron chi connectivity index (χ3n) is 3.50. The minimum atomic E-state index is -0.708. The summed E-state index contributed by atoms with van der Waals surface area (Å²) in [6.45, 7) is 8.61. The van der Waals surface area contributed by atoms with E-state index >= 15 is 0 Å². The van der Waals surface area contributed by atoms with E-state index in [-0.39, 0.29) is 6.61 Å². The highest BCUT2D eigenvalue weighted by atomic mass is 16.8. The van der Waals surface area contributed by atoms with Gasteiger partial charge in [-0.2, -0.15) is 0 Å². The second-order valence-corrected chi connectivity index (χ2v) is 6.03. The summed E-state index contributed by atoms with van der Waals surface area (Å²) in [5.41, 5.74) is -0.673. The average molecular weight is 260 g/mol. The van der Waals surface area contributed by atoms with Crippen molar-refractivity contribution in [1.82, 2.24) is 0 Å². The zero-order chi connectivity index (χ0) is 13.4. The maximum absolute atomic E-state index is 10.4. The smallest absolute Gasteiger partial charge is 0.163 e. The topological polar surface area (TPSA) is 57.2 Å². The average Bonchev–Trinajstić information content (AvgIpc) is 2.60. The van der Waals surface area contributed by atoms with Gasteiger partial charge in [0.1, 0.15) is 11.7 Å². The highest BCUT2D eigenvalue weighted by molar-refractivity contribution is 4.94. The Kier molecular flexibility index (Phi) is 3.73. The van der Waals surface area contributed by atoms with Crippen LogP contribution in [0.25, 0.3) is 0 Å². The third kappa shape index (κ3) is 3.03. The number of ether oxygens (including phenoxy) is 4. The van der Waals surface area contributed by atoms with Crippen LogP contribution in [0.1, 0.15) is 40.5 Å². The monoisotopic (exact) mass is 260 g/mol. The molecule has 0 aromatic rings. The van der Waals surface area contributed by atoms with Crippen LogP contribution >= 0.6 is 0 Å². The van der Waals surface area contributed by atoms with Gasteiger partial charge in [0.2, 0.25) is 0 Å². The fourth-order valence-corrected chi connectivity index (χ4v) is 2.46. The van der Waals surface area contributed by atoms with Crippen LogP contribution in [-0.4, -0.2) is 48.2 Å². The Morgan fingerprint density at radius 3 is 2.33 bits per heavy atom. The fourth-order valence-electron chi connectivity index (χ4n) is 2.46. The number of aliphatic hydroxyl groups is 1. The van der Waals surface area contributed by atoms with Crippen molar-refractivity contribution in [2.45, 2.75) is 63.8 Å². The molecule has 0 bridgehead atoms. The molecule has 2 unspecified atom stereocenters. The summed E-state index contributed by atoms with van der Waals surface area (Å²) >= 11 is 0. The molecule has 5 nitrogen and oxygen atoms in total. The van der Waals surface area contributed by atoms with Crippen LogP contribution in [0.2, 0.25) is 0 Å². The van der Waals surface area contributed by atoms with Gasteiger partial charge in [-0.3, -0.25) is 0 Å². The van der Waals surface area contributed by atoms with Crippen molar-refractivity contribution in [1.29, 1.82) is 0 Å². The van der Waals surface area contributed by atoms with Crippen molar-refractivity contribution in [2.24, 2.45) is 0 Å². The summed E-state index contributed by atoms with van der Waals surface area (Å²) < 4.78 is 22.8. The largest absolute Gasteiger partial charge is 0.388 e. The first-order chi connectivity index (χ1) is 8.25. The Bertz CT molecular complexity index is 300. The molecule has 0 saturated carbocycles. The Labute approximate surface area is 108 Å². The van der Waals surface area contributed by atoms with Crippen molar-refractivity contribution in [3.63, 3.8) is 0 Å². The van der Waals surface area contributed by atoms with Gasteiger partial charge in [0, 0.05) is 0 Å². The van der Waals surface area contributed by atoms with E-state index in [0.29, 0.717) is 19.6 Å². The Morgan fingerprint density at radius 2 is 1.72 bits per heavy atom. The summed E-state index contributed by atoms with van der Waals surface area (Å²) in [7, 11) is 0. The van der Waals surface area contributed by atoms with Gasteiger partial charge in [0.05, 0.1) is 19.8 Å². The lowest BCUT2D eigenvalue weighted by molar-refractivity contribution is -0.234. The molecule has 0 radical (unpaired) electrons. The Hall–Kier alpha value is -0.200. The molecule has 1 spiro atoms. The molecule has 2 fully saturated rings. The molecule has 1 N–H and O–H groups in total. The number of hydrogen-bond acceptors (Lipinski definition) is 5. The number of hydrogen-bond donors (Lipinski definition) is 1. The first-order valence-electron chi connectivity index (χ1n) is 6.55. The first-order valence-corrected chi connectivity index (χ1v) is 6.55. The van der Waals surface area contributed by atoms with Gasteiger partial charge < -0.3 is 24.1 Å². The standard InChI is InChI=1S/C13H24O5/c1-11(2)15-7-5-6-13(10(14)8-16-11)9-17-12(3,4)18-13/h10,14H,5-9H2,1-4H3. The third-order valence-corrected chi connectivity index (χ3v) is 3.50. The molecule has 106 valence electrons. The zero-order valence-corrected chi connectivity index (χ0v) is 11.7. The van der Waals surface area contributed by atoms with Crippen LogP contribution in [0.3, 0.4) is 0 Å². The van der Waals surface area contributed by atoms with E-state index in [1.807, 2.05) is 27.7 Å². The lowest BCUT2D eigenvalue weighted by Crippen LogP contribution is -2.49. The van der Waals surface area contributed by atoms with Crippen LogP contribution < -0.4 is 0 Å². The summed E-state index contributed by atoms with van der Waals surface area (Å²) in [4.78, 5) is 0. The van der Waals surface area contributed by atoms with E-state index in [0.717, 1.165) is 6.42 Å². The molecule has 0 aliphatic carbocycles. The summed E-state index contributed by atoms with van der Waals surface area (Å²) in [6.07, 6.45) is 0.806. The maximum atomic E-state index is 10.4. The molecule has 18 heavy (non-hydrogen) atoms. The first kappa shape index (κ1) is 14.2. The second-order valence-electron chi connectivity index (χ2n) is 6.03. The van der Waals surface area contributed by atoms with Gasteiger partial charge in [0.25, 0.3) is 0 Å². The zero-order valence-electron chi connectivity index (χ0n) is 11.7. The van der Waals surface area contributed by atoms with Crippen molar-refractivity contribution in [3.8, 4) is 0 Å². The molecule has 0 amide bonds. The van der Waals surface area contributed by atoms with E-state index in [2.05, 4.69) is 0 Å². The van der Waals surface area contributed by atoms with Gasteiger partial charge in [-0.25, -0.2) is 0 Å². The predicted molar refractivity (Wildman–Crippen MR) is 65.1 cm³/mol. The van der Waals surface area contributed by atoms with Crippen molar-refractivity contribution < 1.29 is 24.1 Å². The van der Waals surface area contributed by atoms with Crippen LogP contribution in [0, 0.1) is 0 Å². The molecule has 2 saturated heterocycles. The van der Waals surface area contributed by atoms with E-state index in [9.17, 15) is 5.11 Å². The highest BCUT2D eigenvalue weighted by Gasteiger charge is 2.50. The molecule has 2 heterocycles. The van der Waals surface area contributed by atoms with Crippen LogP contribution in [-0.2, 0) is 18.9 Å². The van der Waals surface area contributed by atoms with Crippen molar-refractivity contribution in [2.75, 3.05) is 19.8 Å². The fraction of sp³-hybridized carbons (Fsp3) is 1.00. The second kappa shape index (κ2) is 4.72. The molecule has 0 aromatic carbocycles. The summed E-state index contributed by atoms with van der Waals surface area (Å²) in [5.74, 6) is -1.31. The highest BCUT2D eigenvalue weighted by Crippen LogP contribution is 2.38. The van der Waals surface area contributed by atoms with Crippen molar-refractivity contribution >= 4 is 0 Å². The van der Waals surface area contributed by atoms with Crippen LogP contribution in [0.5, 0.6) is 0 Å². The quantitative estimate of drug-likeness (QED) is 0.714. The molecule has 2 atom stereocenters. The Morgan fingerprint density at radius 1 is 1.00 bits per heavy atom. The normalized spacial score (nSPS) is 40.2. The Balaban J connectivity index is 2.11. The molecule has 5 heteroatoms. The van der Waals surface area contributed by atoms with Gasteiger partial charge in [0.15, 0.2) is 11.6 Å². The lowest BCUT2D eigenvalue weighted by atomic mass is 9.92. The summed E-state index contributed by atoms with van der Waals surface area (Å²) in [5, 5.41) is 10.4. The maximum Gasteiger partial charge on any atom is 0.163 e. The number of rotatable bonds is 0. The molecular formula is C13H24O5. The minimum absolute atomic E-state index is 0.187. The molecular weight excluding hydrogens is 236 g/mol. The summed E-state index contributed by atoms with van der Waals surface area (Å²) in [6, 6.07) is 0. The van der Waals surface area contributed by atoms with Gasteiger partial charge in [-0.05, 0) is 40.5 Å². The van der Waals surface area contributed by atoms with E-state index in [1.165, 1.54) is 0 Å². The molecule has 2 aliphatic rings. The minimum Gasteiger partial charge on any atom is -0.388 e. The SMILES string of the molecule is CC1(C)OCCCC2(COC(C)(C)O2)C(O)CO1. The van der Waals surface area contributed by atoms with Crippen LogP contribution in [0.15, 0.2) is 0 Å². The van der Waals surface area contributed by atoms with E-state index in [1.54, 1.807) is 0 Å². The number of aliphatic hydroxyl groups excluding tert-OH is 1. The van der Waals surface area contributed by atoms with Gasteiger partial charge >= 0.3 is 0 Å². The molecule has 0 aromatic heterocycles. The van der Waals surface area contributed by atoms with E-state index < -0.39 is 23.3 Å². The predicted octanol–water partition coefficient (Wildman–Crippen LogP) is 1.43.